The van der Waals surface area contributed by atoms with Gasteiger partial charge in [-0.1, -0.05) is 19.1 Å². The molecule has 0 aliphatic rings. The highest BCUT2D eigenvalue weighted by atomic mass is 32.1. The fraction of sp³-hybridized carbons (Fsp3) is 0.545. The summed E-state index contributed by atoms with van der Waals surface area (Å²) in [7, 11) is 0. The van der Waals surface area contributed by atoms with Gasteiger partial charge in [-0.2, -0.15) is 5.10 Å². The first-order valence-electron chi connectivity index (χ1n) is 5.64. The second-order valence-electron chi connectivity index (χ2n) is 3.82. The van der Waals surface area contributed by atoms with Gasteiger partial charge in [0.2, 0.25) is 0 Å². The van der Waals surface area contributed by atoms with Crippen LogP contribution in [0.1, 0.15) is 36.5 Å². The normalized spacial score (nSPS) is 12.2. The maximum atomic E-state index is 12.0. The second kappa shape index (κ2) is 5.77. The van der Waals surface area contributed by atoms with Crippen molar-refractivity contribution < 1.29 is 4.79 Å². The Morgan fingerprint density at radius 1 is 1.65 bits per heavy atom. The number of nitrogens with two attached hydrogens (primary N) is 1. The van der Waals surface area contributed by atoms with Gasteiger partial charge in [-0.3, -0.25) is 9.48 Å². The third kappa shape index (κ3) is 3.26. The van der Waals surface area contributed by atoms with E-state index >= 15 is 0 Å². The third-order valence-corrected chi connectivity index (χ3v) is 2.78. The Kier molecular flexibility index (Phi) is 4.62. The van der Waals surface area contributed by atoms with Crippen molar-refractivity contribution in [2.75, 3.05) is 0 Å². The molecule has 6 heteroatoms. The molecule has 17 heavy (non-hydrogen) atoms. The number of nitrogens with one attached hydrogen (secondary N) is 1. The molecule has 0 fully saturated rings. The van der Waals surface area contributed by atoms with Crippen LogP contribution in [0.3, 0.4) is 0 Å². The van der Waals surface area contributed by atoms with Crippen molar-refractivity contribution in [2.24, 2.45) is 5.73 Å². The van der Waals surface area contributed by atoms with Crippen molar-refractivity contribution in [1.29, 1.82) is 0 Å². The van der Waals surface area contributed by atoms with Crippen LogP contribution in [0, 0.1) is 6.92 Å². The van der Waals surface area contributed by atoms with E-state index in [1.54, 1.807) is 10.7 Å². The minimum Gasteiger partial charge on any atom is -0.392 e. The van der Waals surface area contributed by atoms with Crippen LogP contribution >= 0.6 is 12.2 Å². The summed E-state index contributed by atoms with van der Waals surface area (Å²) >= 11 is 4.89. The van der Waals surface area contributed by atoms with Gasteiger partial charge < -0.3 is 11.1 Å². The first-order valence-corrected chi connectivity index (χ1v) is 6.05. The average molecular weight is 254 g/mol. The largest absolute Gasteiger partial charge is 0.392 e. The van der Waals surface area contributed by atoms with Gasteiger partial charge in [0.05, 0.1) is 16.7 Å². The predicted octanol–water partition coefficient (Wildman–Crippen LogP) is 1.01. The highest BCUT2D eigenvalue weighted by Gasteiger charge is 2.17. The number of aryl methyl sites for hydroxylation is 2. The monoisotopic (exact) mass is 254 g/mol. The number of thiocarbonyl (C=S) groups is 1. The fourth-order valence-electron chi connectivity index (χ4n) is 1.58. The molecule has 1 rings (SSSR count). The van der Waals surface area contributed by atoms with E-state index in [1.807, 2.05) is 20.8 Å². The fourth-order valence-corrected chi connectivity index (χ4v) is 1.80. The molecule has 1 unspecified atom stereocenters. The number of rotatable bonds is 5. The Morgan fingerprint density at radius 2 is 2.29 bits per heavy atom. The summed E-state index contributed by atoms with van der Waals surface area (Å²) in [5, 5.41) is 7.02. The van der Waals surface area contributed by atoms with Crippen molar-refractivity contribution in [3.8, 4) is 0 Å². The molecule has 1 heterocycles. The molecule has 5 nitrogen and oxygen atoms in total. The first-order chi connectivity index (χ1) is 7.99. The van der Waals surface area contributed by atoms with Gasteiger partial charge in [-0.15, -0.1) is 0 Å². The molecule has 0 radical (unpaired) electrons. The number of amides is 1. The molecular formula is C11H18N4OS. The zero-order valence-corrected chi connectivity index (χ0v) is 11.2. The predicted molar refractivity (Wildman–Crippen MR) is 71.0 cm³/mol. The Morgan fingerprint density at radius 3 is 2.76 bits per heavy atom. The van der Waals surface area contributed by atoms with Gasteiger partial charge in [0.1, 0.15) is 5.69 Å². The Hall–Kier alpha value is -1.43. The summed E-state index contributed by atoms with van der Waals surface area (Å²) in [6, 6.07) is 1.49. The summed E-state index contributed by atoms with van der Waals surface area (Å²) in [5.74, 6) is -0.188. The third-order valence-electron chi connectivity index (χ3n) is 2.49. The lowest BCUT2D eigenvalue weighted by molar-refractivity contribution is 0.0935. The van der Waals surface area contributed by atoms with Crippen LogP contribution < -0.4 is 11.1 Å². The lowest BCUT2D eigenvalue weighted by Crippen LogP contribution is -2.43. The van der Waals surface area contributed by atoms with Crippen LogP contribution in [0.5, 0.6) is 0 Å². The molecule has 0 spiro atoms. The molecular weight excluding hydrogens is 236 g/mol. The van der Waals surface area contributed by atoms with E-state index in [-0.39, 0.29) is 11.9 Å². The number of carbonyl (C=O) groups excluding carboxylic acids is 1. The summed E-state index contributed by atoms with van der Waals surface area (Å²) in [6.07, 6.45) is 0.681. The molecule has 1 amide bonds. The van der Waals surface area contributed by atoms with Crippen molar-refractivity contribution in [3.05, 3.63) is 17.5 Å². The van der Waals surface area contributed by atoms with Gasteiger partial charge in [-0.25, -0.2) is 0 Å². The SMILES string of the molecule is CCC(NC(=O)c1cc(C)nn1CC)C(N)=S. The second-order valence-corrected chi connectivity index (χ2v) is 4.29. The van der Waals surface area contributed by atoms with Crippen LogP contribution in [-0.4, -0.2) is 26.7 Å². The number of carbonyl (C=O) groups is 1. The van der Waals surface area contributed by atoms with Crippen molar-refractivity contribution in [3.63, 3.8) is 0 Å². The highest BCUT2D eigenvalue weighted by Crippen LogP contribution is 2.05. The lowest BCUT2D eigenvalue weighted by atomic mass is 10.2. The standard InChI is InChI=1S/C11H18N4OS/c1-4-8(10(12)17)13-11(16)9-6-7(3)14-15(9)5-2/h6,8H,4-5H2,1-3H3,(H2,12,17)(H,13,16). The van der Waals surface area contributed by atoms with E-state index in [9.17, 15) is 4.79 Å². The summed E-state index contributed by atoms with van der Waals surface area (Å²) < 4.78 is 1.66. The van der Waals surface area contributed by atoms with E-state index in [2.05, 4.69) is 10.4 Å². The topological polar surface area (TPSA) is 72.9 Å². The zero-order valence-electron chi connectivity index (χ0n) is 10.4. The quantitative estimate of drug-likeness (QED) is 0.769. The minimum absolute atomic E-state index is 0.188. The molecule has 1 aromatic heterocycles. The molecule has 0 bridgehead atoms. The molecule has 0 aliphatic carbocycles. The van der Waals surface area contributed by atoms with Crippen LogP contribution in [0.2, 0.25) is 0 Å². The van der Waals surface area contributed by atoms with Crippen molar-refractivity contribution >= 4 is 23.1 Å². The summed E-state index contributed by atoms with van der Waals surface area (Å²) in [6.45, 7) is 6.37. The van der Waals surface area contributed by atoms with Crippen LogP contribution in [0.15, 0.2) is 6.07 Å². The lowest BCUT2D eigenvalue weighted by Gasteiger charge is -2.15. The van der Waals surface area contributed by atoms with E-state index < -0.39 is 0 Å². The molecule has 3 N–H and O–H groups in total. The van der Waals surface area contributed by atoms with E-state index in [0.29, 0.717) is 23.6 Å². The van der Waals surface area contributed by atoms with E-state index in [4.69, 9.17) is 18.0 Å². The number of hydrogen-bond donors (Lipinski definition) is 2. The van der Waals surface area contributed by atoms with Crippen molar-refractivity contribution in [2.45, 2.75) is 39.8 Å². The Labute approximate surface area is 106 Å². The van der Waals surface area contributed by atoms with E-state index in [1.165, 1.54) is 0 Å². The zero-order chi connectivity index (χ0) is 13.0. The van der Waals surface area contributed by atoms with Gasteiger partial charge in [0.15, 0.2) is 0 Å². The average Bonchev–Trinajstić information content (AvgIpc) is 2.66. The van der Waals surface area contributed by atoms with Crippen LogP contribution in [0.4, 0.5) is 0 Å². The first kappa shape index (κ1) is 13.6. The van der Waals surface area contributed by atoms with Gasteiger partial charge in [-0.05, 0) is 26.3 Å². The van der Waals surface area contributed by atoms with Crippen LogP contribution in [-0.2, 0) is 6.54 Å². The Bertz CT molecular complexity index is 427. The van der Waals surface area contributed by atoms with Crippen LogP contribution in [0.25, 0.3) is 0 Å². The molecule has 0 aromatic carbocycles. The van der Waals surface area contributed by atoms with Gasteiger partial charge >= 0.3 is 0 Å². The maximum absolute atomic E-state index is 12.0. The summed E-state index contributed by atoms with van der Waals surface area (Å²) in [5.41, 5.74) is 6.90. The number of aromatic nitrogens is 2. The molecule has 0 saturated carbocycles. The number of hydrogen-bond acceptors (Lipinski definition) is 3. The van der Waals surface area contributed by atoms with Gasteiger partial charge in [0, 0.05) is 6.54 Å². The summed E-state index contributed by atoms with van der Waals surface area (Å²) in [4.78, 5) is 12.3. The molecule has 94 valence electrons. The number of nitrogens with zero attached hydrogens (tertiary/aromatic N) is 2. The maximum Gasteiger partial charge on any atom is 0.270 e. The smallest absolute Gasteiger partial charge is 0.270 e. The Balaban J connectivity index is 2.85. The molecule has 0 aliphatic heterocycles. The highest BCUT2D eigenvalue weighted by molar-refractivity contribution is 7.80. The van der Waals surface area contributed by atoms with Gasteiger partial charge in [0.25, 0.3) is 5.91 Å². The van der Waals surface area contributed by atoms with Crippen molar-refractivity contribution in [1.82, 2.24) is 15.1 Å². The van der Waals surface area contributed by atoms with E-state index in [0.717, 1.165) is 5.69 Å². The molecule has 1 atom stereocenters. The molecule has 0 saturated heterocycles. The molecule has 1 aromatic rings. The minimum atomic E-state index is -0.266.